The van der Waals surface area contributed by atoms with E-state index in [0.29, 0.717) is 30.9 Å². The molecule has 0 saturated carbocycles. The highest BCUT2D eigenvalue weighted by atomic mass is 16.6. The molecule has 238 valence electrons. The Hall–Kier alpha value is -2.31. The number of unbranched alkanes of at least 4 members (excludes halogenated alkanes) is 6. The van der Waals surface area contributed by atoms with E-state index in [-0.39, 0.29) is 18.4 Å². The maximum absolute atomic E-state index is 11.4. The van der Waals surface area contributed by atoms with Gasteiger partial charge in [0.25, 0.3) is 0 Å². The highest BCUT2D eigenvalue weighted by molar-refractivity contribution is 5.98. The normalized spacial score (nSPS) is 19.6. The van der Waals surface area contributed by atoms with E-state index in [0.717, 1.165) is 64.0 Å². The topological polar surface area (TPSA) is 156 Å². The Morgan fingerprint density at radius 3 is 2.54 bits per heavy atom. The minimum Gasteiger partial charge on any atom is -0.400 e. The number of nitrogens with one attached hydrogen (secondary N) is 2. The lowest BCUT2D eigenvalue weighted by atomic mass is 10.1. The summed E-state index contributed by atoms with van der Waals surface area (Å²) in [6, 6.07) is -0.150. The quantitative estimate of drug-likeness (QED) is 0.0571. The van der Waals surface area contributed by atoms with Crippen molar-refractivity contribution in [2.45, 2.75) is 110 Å². The second kappa shape index (κ2) is 24.3. The molecule has 0 bridgehead atoms. The third-order valence-electron chi connectivity index (χ3n) is 6.92. The standard InChI is InChI=1S/C28H50N6O3.2CH4O/c1-6-8-10-11-12-13-14-23(17-35)32-20-36-18-24-16-21(3)28(37-24)34-19-31-26(22(34)4)27(30-5)33-25(29)15-9-7-2;2*1-2/h15,17,19,21,23-24,28,32H,6-14,16,18,20,29H2,1-5H3,(H,30,33);2*2H,1H3/b25-15+;;. The monoisotopic (exact) mass is 582 g/mol. The molecule has 4 atom stereocenters. The van der Waals surface area contributed by atoms with Gasteiger partial charge in [-0.3, -0.25) is 10.3 Å². The van der Waals surface area contributed by atoms with Gasteiger partial charge in [-0.1, -0.05) is 65.7 Å². The van der Waals surface area contributed by atoms with Gasteiger partial charge in [0.05, 0.1) is 37.6 Å². The van der Waals surface area contributed by atoms with Crippen molar-refractivity contribution in [3.8, 4) is 0 Å². The molecule has 11 nitrogen and oxygen atoms in total. The second-order valence-electron chi connectivity index (χ2n) is 10.1. The minimum absolute atomic E-state index is 0.00893. The second-order valence-corrected chi connectivity index (χ2v) is 10.1. The maximum Gasteiger partial charge on any atom is 0.154 e. The van der Waals surface area contributed by atoms with Crippen LogP contribution in [0.5, 0.6) is 0 Å². The molecule has 1 aromatic rings. The lowest BCUT2D eigenvalue weighted by Crippen LogP contribution is -2.33. The van der Waals surface area contributed by atoms with Crippen molar-refractivity contribution < 1.29 is 24.5 Å². The van der Waals surface area contributed by atoms with E-state index in [1.54, 1.807) is 7.05 Å². The summed E-state index contributed by atoms with van der Waals surface area (Å²) in [6.45, 7) is 9.37. The van der Waals surface area contributed by atoms with Gasteiger partial charge in [0.1, 0.15) is 18.2 Å². The molecule has 1 aliphatic rings. The van der Waals surface area contributed by atoms with Crippen LogP contribution in [0.4, 0.5) is 0 Å². The molecule has 0 radical (unpaired) electrons. The van der Waals surface area contributed by atoms with Gasteiger partial charge in [0.2, 0.25) is 0 Å². The number of nitrogens with two attached hydrogens (primary N) is 1. The number of hydrogen-bond acceptors (Lipinski definition) is 9. The molecular formula is C30H58N6O5. The van der Waals surface area contributed by atoms with E-state index in [4.69, 9.17) is 25.4 Å². The number of amidine groups is 1. The third kappa shape index (κ3) is 14.4. The number of ether oxygens (including phenoxy) is 2. The molecule has 0 spiro atoms. The third-order valence-corrected chi connectivity index (χ3v) is 6.92. The van der Waals surface area contributed by atoms with Crippen LogP contribution in [-0.2, 0) is 14.3 Å². The summed E-state index contributed by atoms with van der Waals surface area (Å²) < 4.78 is 14.3. The van der Waals surface area contributed by atoms with Crippen LogP contribution in [0, 0.1) is 12.8 Å². The van der Waals surface area contributed by atoms with Gasteiger partial charge >= 0.3 is 0 Å². The van der Waals surface area contributed by atoms with E-state index in [1.807, 2.05) is 19.3 Å². The van der Waals surface area contributed by atoms with Gasteiger partial charge < -0.3 is 40.1 Å². The predicted octanol–water partition coefficient (Wildman–Crippen LogP) is 3.78. The van der Waals surface area contributed by atoms with E-state index in [2.05, 4.69) is 45.9 Å². The first-order valence-corrected chi connectivity index (χ1v) is 15.0. The summed E-state index contributed by atoms with van der Waals surface area (Å²) in [5, 5.41) is 20.4. The Labute approximate surface area is 248 Å². The summed E-state index contributed by atoms with van der Waals surface area (Å²) in [7, 11) is 3.73. The number of carbonyl (C=O) groups is 1. The Morgan fingerprint density at radius 1 is 1.22 bits per heavy atom. The Balaban J connectivity index is 0.00000382. The first-order valence-electron chi connectivity index (χ1n) is 15.0. The van der Waals surface area contributed by atoms with Crippen molar-refractivity contribution in [3.63, 3.8) is 0 Å². The first-order chi connectivity index (χ1) is 19.9. The van der Waals surface area contributed by atoms with Crippen LogP contribution in [0.3, 0.4) is 0 Å². The van der Waals surface area contributed by atoms with Crippen molar-refractivity contribution in [2.24, 2.45) is 16.6 Å². The van der Waals surface area contributed by atoms with Gasteiger partial charge in [-0.05, 0) is 32.3 Å². The fourth-order valence-electron chi connectivity index (χ4n) is 4.70. The van der Waals surface area contributed by atoms with Gasteiger partial charge in [-0.15, -0.1) is 0 Å². The summed E-state index contributed by atoms with van der Waals surface area (Å²) in [5.74, 6) is 1.53. The molecule has 6 N–H and O–H groups in total. The lowest BCUT2D eigenvalue weighted by Gasteiger charge is -2.19. The number of aldehydes is 1. The lowest BCUT2D eigenvalue weighted by molar-refractivity contribution is -0.110. The van der Waals surface area contributed by atoms with Crippen LogP contribution in [-0.4, -0.2) is 78.6 Å². The van der Waals surface area contributed by atoms with Crippen LogP contribution in [0.2, 0.25) is 0 Å². The molecule has 1 aromatic heterocycles. The molecule has 4 unspecified atom stereocenters. The van der Waals surface area contributed by atoms with E-state index in [1.165, 1.54) is 32.1 Å². The van der Waals surface area contributed by atoms with E-state index in [9.17, 15) is 4.79 Å². The van der Waals surface area contributed by atoms with Crippen LogP contribution in [0.1, 0.15) is 103 Å². The number of aliphatic imine (C=N–C) groups is 1. The molecule has 0 amide bonds. The highest BCUT2D eigenvalue weighted by Crippen LogP contribution is 2.35. The molecular weight excluding hydrogens is 524 g/mol. The van der Waals surface area contributed by atoms with Crippen molar-refractivity contribution >= 4 is 12.1 Å². The highest BCUT2D eigenvalue weighted by Gasteiger charge is 2.35. The number of allylic oxidation sites excluding steroid dienone is 1. The molecule has 1 saturated heterocycles. The smallest absolute Gasteiger partial charge is 0.154 e. The summed E-state index contributed by atoms with van der Waals surface area (Å²) in [6.07, 6.45) is 15.7. The Kier molecular flexibility index (Phi) is 22.9. The number of aliphatic hydroxyl groups excluding tert-OH is 2. The minimum atomic E-state index is -0.150. The zero-order valence-corrected chi connectivity index (χ0v) is 26.6. The Bertz CT molecular complexity index is 860. The number of rotatable bonds is 18. The zero-order chi connectivity index (χ0) is 31.0. The van der Waals surface area contributed by atoms with Gasteiger partial charge in [-0.25, -0.2) is 4.98 Å². The molecule has 0 aromatic carbocycles. The van der Waals surface area contributed by atoms with E-state index >= 15 is 0 Å². The summed E-state index contributed by atoms with van der Waals surface area (Å²) >= 11 is 0. The fraction of sp³-hybridized carbons (Fsp3) is 0.767. The molecule has 2 rings (SSSR count). The number of imidazole rings is 1. The largest absolute Gasteiger partial charge is 0.400 e. The number of aliphatic hydroxyl groups is 2. The van der Waals surface area contributed by atoms with Crippen molar-refractivity contribution in [3.05, 3.63) is 29.6 Å². The molecule has 1 aliphatic heterocycles. The molecule has 41 heavy (non-hydrogen) atoms. The molecule has 11 heteroatoms. The average Bonchev–Trinajstić information content (AvgIpc) is 3.56. The first kappa shape index (κ1) is 38.7. The summed E-state index contributed by atoms with van der Waals surface area (Å²) in [5.41, 5.74) is 7.83. The summed E-state index contributed by atoms with van der Waals surface area (Å²) in [4.78, 5) is 20.4. The van der Waals surface area contributed by atoms with Gasteiger partial charge in [0, 0.05) is 32.9 Å². The molecule has 0 aliphatic carbocycles. The number of hydrogen-bond donors (Lipinski definition) is 5. The van der Waals surface area contributed by atoms with Crippen LogP contribution < -0.4 is 16.4 Å². The Morgan fingerprint density at radius 2 is 1.90 bits per heavy atom. The van der Waals surface area contributed by atoms with Crippen molar-refractivity contribution in [1.29, 1.82) is 0 Å². The van der Waals surface area contributed by atoms with Gasteiger partial charge in [0.15, 0.2) is 5.84 Å². The number of carbonyl (C=O) groups excluding carboxylic acids is 1. The van der Waals surface area contributed by atoms with Crippen LogP contribution in [0.15, 0.2) is 23.2 Å². The maximum atomic E-state index is 11.4. The average molecular weight is 583 g/mol. The predicted molar refractivity (Wildman–Crippen MR) is 166 cm³/mol. The van der Waals surface area contributed by atoms with Crippen molar-refractivity contribution in [2.75, 3.05) is 34.6 Å². The van der Waals surface area contributed by atoms with Gasteiger partial charge in [-0.2, -0.15) is 0 Å². The number of nitrogens with zero attached hydrogens (tertiary/aromatic N) is 3. The molecule has 1 fully saturated rings. The number of aromatic nitrogens is 2. The van der Waals surface area contributed by atoms with Crippen LogP contribution in [0.25, 0.3) is 0 Å². The van der Waals surface area contributed by atoms with E-state index < -0.39 is 0 Å². The van der Waals surface area contributed by atoms with Crippen molar-refractivity contribution in [1.82, 2.24) is 20.2 Å². The SMILES string of the molecule is CCC/C=C(\N)NC(=NC)c1ncn(C2OC(COCNC(C=O)CCCCCCCC)CC2C)c1C.CO.CO. The fourth-order valence-corrected chi connectivity index (χ4v) is 4.70. The zero-order valence-electron chi connectivity index (χ0n) is 26.6. The molecule has 2 heterocycles. The van der Waals surface area contributed by atoms with Crippen LogP contribution >= 0.6 is 0 Å².